The first-order chi connectivity index (χ1) is 15.5. The highest BCUT2D eigenvalue weighted by Crippen LogP contribution is 2.33. The van der Waals surface area contributed by atoms with Crippen LogP contribution in [0, 0.1) is 0 Å². The minimum absolute atomic E-state index is 0.0420. The zero-order valence-electron chi connectivity index (χ0n) is 18.3. The minimum Gasteiger partial charge on any atom is -0.454 e. The summed E-state index contributed by atoms with van der Waals surface area (Å²) in [6.07, 6.45) is 5.22. The van der Waals surface area contributed by atoms with Crippen LogP contribution in [0.1, 0.15) is 50.2 Å². The summed E-state index contributed by atoms with van der Waals surface area (Å²) in [5.74, 6) is 1.32. The molecule has 0 radical (unpaired) electrons. The highest BCUT2D eigenvalue weighted by atomic mass is 79.9. The van der Waals surface area contributed by atoms with Gasteiger partial charge in [-0.15, -0.1) is 0 Å². The fourth-order valence-corrected chi connectivity index (χ4v) is 4.52. The third-order valence-corrected chi connectivity index (χ3v) is 6.73. The summed E-state index contributed by atoms with van der Waals surface area (Å²) in [6.45, 7) is 2.44. The second-order valence-corrected chi connectivity index (χ2v) is 9.42. The van der Waals surface area contributed by atoms with Gasteiger partial charge >= 0.3 is 0 Å². The molecule has 1 unspecified atom stereocenters. The van der Waals surface area contributed by atoms with Crippen molar-refractivity contribution in [2.24, 2.45) is 0 Å². The van der Waals surface area contributed by atoms with Crippen LogP contribution in [-0.2, 0) is 22.6 Å². The SMILES string of the molecule is CC(C(=O)NC1CCCC1)N(Cc1ccc(Br)cc1)C(=O)CCc1ccc2c(c1)OCO2. The predicted molar refractivity (Wildman–Crippen MR) is 125 cm³/mol. The Labute approximate surface area is 197 Å². The van der Waals surface area contributed by atoms with Gasteiger partial charge in [0.15, 0.2) is 11.5 Å². The normalized spacial score (nSPS) is 16.1. The van der Waals surface area contributed by atoms with E-state index in [-0.39, 0.29) is 24.6 Å². The summed E-state index contributed by atoms with van der Waals surface area (Å²) in [5.41, 5.74) is 2.00. The van der Waals surface area contributed by atoms with Crippen LogP contribution in [0.15, 0.2) is 46.9 Å². The van der Waals surface area contributed by atoms with E-state index in [1.54, 1.807) is 4.90 Å². The first-order valence-electron chi connectivity index (χ1n) is 11.2. The molecule has 2 aromatic rings. The number of carbonyl (C=O) groups excluding carboxylic acids is 2. The van der Waals surface area contributed by atoms with Crippen molar-refractivity contribution >= 4 is 27.7 Å². The molecule has 2 amide bonds. The lowest BCUT2D eigenvalue weighted by Crippen LogP contribution is -2.49. The van der Waals surface area contributed by atoms with Crippen LogP contribution in [-0.4, -0.2) is 35.6 Å². The third kappa shape index (κ3) is 5.63. The number of amides is 2. The summed E-state index contributed by atoms with van der Waals surface area (Å²) < 4.78 is 11.8. The molecule has 1 N–H and O–H groups in total. The molecule has 1 aliphatic heterocycles. The van der Waals surface area contributed by atoms with Crippen LogP contribution in [0.2, 0.25) is 0 Å². The zero-order valence-corrected chi connectivity index (χ0v) is 19.9. The molecule has 2 aliphatic rings. The molecular weight excluding hydrogens is 472 g/mol. The van der Waals surface area contributed by atoms with E-state index >= 15 is 0 Å². The summed E-state index contributed by atoms with van der Waals surface area (Å²) >= 11 is 3.45. The first kappa shape index (κ1) is 22.6. The molecule has 0 spiro atoms. The van der Waals surface area contributed by atoms with E-state index in [0.717, 1.165) is 47.0 Å². The van der Waals surface area contributed by atoms with Crippen molar-refractivity contribution in [1.29, 1.82) is 0 Å². The zero-order chi connectivity index (χ0) is 22.5. The van der Waals surface area contributed by atoms with Crippen molar-refractivity contribution in [3.63, 3.8) is 0 Å². The number of nitrogens with zero attached hydrogens (tertiary/aromatic N) is 1. The Morgan fingerprint density at radius 1 is 1.06 bits per heavy atom. The van der Waals surface area contributed by atoms with Gasteiger partial charge in [-0.1, -0.05) is 47.0 Å². The average Bonchev–Trinajstić information content (AvgIpc) is 3.48. The second-order valence-electron chi connectivity index (χ2n) is 8.50. The van der Waals surface area contributed by atoms with Crippen LogP contribution in [0.5, 0.6) is 11.5 Å². The minimum atomic E-state index is -0.538. The van der Waals surface area contributed by atoms with E-state index in [2.05, 4.69) is 21.2 Å². The Hall–Kier alpha value is -2.54. The number of benzene rings is 2. The Morgan fingerprint density at radius 2 is 1.75 bits per heavy atom. The van der Waals surface area contributed by atoms with Crippen molar-refractivity contribution in [2.45, 2.75) is 64.1 Å². The maximum absolute atomic E-state index is 13.3. The number of hydrogen-bond acceptors (Lipinski definition) is 4. The number of carbonyl (C=O) groups is 2. The molecule has 1 fully saturated rings. The summed E-state index contributed by atoms with van der Waals surface area (Å²) in [7, 11) is 0. The standard InChI is InChI=1S/C25H29BrN2O4/c1-17(25(30)27-21-4-2-3-5-21)28(15-19-6-10-20(26)11-7-19)24(29)13-9-18-8-12-22-23(14-18)32-16-31-22/h6-8,10-12,14,17,21H,2-5,9,13,15-16H2,1H3,(H,27,30). The predicted octanol–water partition coefficient (Wildman–Crippen LogP) is 4.59. The molecule has 1 atom stereocenters. The van der Waals surface area contributed by atoms with Gasteiger partial charge in [0, 0.05) is 23.5 Å². The smallest absolute Gasteiger partial charge is 0.242 e. The van der Waals surface area contributed by atoms with Crippen LogP contribution < -0.4 is 14.8 Å². The second kappa shape index (κ2) is 10.4. The van der Waals surface area contributed by atoms with Gasteiger partial charge < -0.3 is 19.7 Å². The summed E-state index contributed by atoms with van der Waals surface area (Å²) in [5, 5.41) is 3.14. The Balaban J connectivity index is 1.44. The van der Waals surface area contributed by atoms with Crippen LogP contribution in [0.25, 0.3) is 0 Å². The molecular formula is C25H29BrN2O4. The molecule has 1 aliphatic carbocycles. The van der Waals surface area contributed by atoms with Gasteiger partial charge in [-0.3, -0.25) is 9.59 Å². The Morgan fingerprint density at radius 3 is 2.50 bits per heavy atom. The fourth-order valence-electron chi connectivity index (χ4n) is 4.25. The van der Waals surface area contributed by atoms with E-state index in [1.165, 1.54) is 0 Å². The fraction of sp³-hybridized carbons (Fsp3) is 0.440. The van der Waals surface area contributed by atoms with Gasteiger partial charge in [-0.25, -0.2) is 0 Å². The van der Waals surface area contributed by atoms with Crippen LogP contribution in [0.4, 0.5) is 0 Å². The molecule has 2 aromatic carbocycles. The number of halogens is 1. The maximum atomic E-state index is 13.3. The lowest BCUT2D eigenvalue weighted by Gasteiger charge is -2.30. The van der Waals surface area contributed by atoms with Gasteiger partial charge in [-0.05, 0) is 61.6 Å². The molecule has 0 bridgehead atoms. The van der Waals surface area contributed by atoms with E-state index in [1.807, 2.05) is 49.4 Å². The Bertz CT molecular complexity index is 957. The molecule has 1 saturated carbocycles. The number of nitrogens with one attached hydrogen (secondary N) is 1. The van der Waals surface area contributed by atoms with E-state index < -0.39 is 6.04 Å². The molecule has 7 heteroatoms. The highest BCUT2D eigenvalue weighted by molar-refractivity contribution is 9.10. The van der Waals surface area contributed by atoms with Gasteiger partial charge in [-0.2, -0.15) is 0 Å². The van der Waals surface area contributed by atoms with Gasteiger partial charge in [0.1, 0.15) is 6.04 Å². The van der Waals surface area contributed by atoms with Crippen molar-refractivity contribution in [3.8, 4) is 11.5 Å². The average molecular weight is 501 g/mol. The monoisotopic (exact) mass is 500 g/mol. The van der Waals surface area contributed by atoms with Crippen molar-refractivity contribution < 1.29 is 19.1 Å². The maximum Gasteiger partial charge on any atom is 0.242 e. The first-order valence-corrected chi connectivity index (χ1v) is 12.0. The number of rotatable bonds is 8. The van der Waals surface area contributed by atoms with E-state index in [0.29, 0.717) is 25.1 Å². The number of aryl methyl sites for hydroxylation is 1. The van der Waals surface area contributed by atoms with E-state index in [9.17, 15) is 9.59 Å². The molecule has 4 rings (SSSR count). The molecule has 0 saturated heterocycles. The van der Waals surface area contributed by atoms with Gasteiger partial charge in [0.2, 0.25) is 18.6 Å². The van der Waals surface area contributed by atoms with Crippen molar-refractivity contribution in [2.75, 3.05) is 6.79 Å². The van der Waals surface area contributed by atoms with E-state index in [4.69, 9.17) is 9.47 Å². The topological polar surface area (TPSA) is 67.9 Å². The molecule has 0 aromatic heterocycles. The summed E-state index contributed by atoms with van der Waals surface area (Å²) in [6, 6.07) is 13.3. The van der Waals surface area contributed by atoms with Crippen LogP contribution >= 0.6 is 15.9 Å². The third-order valence-electron chi connectivity index (χ3n) is 6.20. The Kier molecular flexibility index (Phi) is 7.35. The summed E-state index contributed by atoms with van der Waals surface area (Å²) in [4.78, 5) is 27.9. The van der Waals surface area contributed by atoms with Crippen molar-refractivity contribution in [1.82, 2.24) is 10.2 Å². The van der Waals surface area contributed by atoms with Gasteiger partial charge in [0.25, 0.3) is 0 Å². The lowest BCUT2D eigenvalue weighted by atomic mass is 10.1. The van der Waals surface area contributed by atoms with Crippen LogP contribution in [0.3, 0.4) is 0 Å². The number of ether oxygens (including phenoxy) is 2. The number of fused-ring (bicyclic) bond motifs is 1. The van der Waals surface area contributed by atoms with Gasteiger partial charge in [0.05, 0.1) is 0 Å². The number of hydrogen-bond donors (Lipinski definition) is 1. The van der Waals surface area contributed by atoms with Crippen molar-refractivity contribution in [3.05, 3.63) is 58.1 Å². The molecule has 32 heavy (non-hydrogen) atoms. The largest absolute Gasteiger partial charge is 0.454 e. The highest BCUT2D eigenvalue weighted by Gasteiger charge is 2.28. The molecule has 170 valence electrons. The molecule has 1 heterocycles. The lowest BCUT2D eigenvalue weighted by molar-refractivity contribution is -0.140. The molecule has 6 nitrogen and oxygen atoms in total. The quantitative estimate of drug-likeness (QED) is 0.575.